The zero-order valence-corrected chi connectivity index (χ0v) is 21.0. The van der Waals surface area contributed by atoms with Crippen molar-refractivity contribution in [3.63, 3.8) is 0 Å². The molecule has 3 aromatic rings. The Morgan fingerprint density at radius 1 is 1.08 bits per heavy atom. The van der Waals surface area contributed by atoms with Crippen LogP contribution in [0.25, 0.3) is 11.3 Å². The molecule has 3 aromatic heterocycles. The summed E-state index contributed by atoms with van der Waals surface area (Å²) in [5.41, 5.74) is 1.57. The molecule has 1 unspecified atom stereocenters. The molecule has 1 amide bonds. The fourth-order valence-corrected chi connectivity index (χ4v) is 5.10. The van der Waals surface area contributed by atoms with E-state index in [4.69, 9.17) is 11.6 Å². The van der Waals surface area contributed by atoms with Gasteiger partial charge in [0.1, 0.15) is 16.0 Å². The van der Waals surface area contributed by atoms with Gasteiger partial charge in [-0.25, -0.2) is 23.5 Å². The van der Waals surface area contributed by atoms with Gasteiger partial charge in [0.05, 0.1) is 10.7 Å². The zero-order chi connectivity index (χ0) is 26.3. The van der Waals surface area contributed by atoms with Gasteiger partial charge in [0, 0.05) is 49.0 Å². The maximum absolute atomic E-state index is 12.3. The van der Waals surface area contributed by atoms with E-state index in [-0.39, 0.29) is 0 Å². The highest BCUT2D eigenvalue weighted by Crippen LogP contribution is 2.28. The van der Waals surface area contributed by atoms with E-state index >= 15 is 0 Å². The van der Waals surface area contributed by atoms with Gasteiger partial charge >= 0.3 is 6.18 Å². The predicted octanol–water partition coefficient (Wildman–Crippen LogP) is 4.43. The number of amides is 1. The van der Waals surface area contributed by atoms with Crippen LogP contribution >= 0.6 is 11.6 Å². The highest BCUT2D eigenvalue weighted by molar-refractivity contribution is 7.82. The van der Waals surface area contributed by atoms with Crippen molar-refractivity contribution in [2.24, 2.45) is 0 Å². The van der Waals surface area contributed by atoms with Crippen molar-refractivity contribution in [2.45, 2.75) is 56.5 Å². The number of alkyl halides is 3. The van der Waals surface area contributed by atoms with E-state index in [1.54, 1.807) is 30.5 Å². The van der Waals surface area contributed by atoms with Crippen LogP contribution < -0.4 is 5.32 Å². The maximum atomic E-state index is 12.3. The SMILES string of the molecule is C[C@@H]1CC[C@H](C)N1S(=O)c1ccc(Cl)cn1.O=CNCc1ccnc(-c2cnc(C(F)(F)F)nc2)c1. The second-order valence-electron chi connectivity index (χ2n) is 8.04. The molecule has 192 valence electrons. The second kappa shape index (κ2) is 12.3. The molecule has 1 aliphatic rings. The van der Waals surface area contributed by atoms with Crippen LogP contribution in [0, 0.1) is 0 Å². The number of rotatable bonds is 6. The molecular formula is C23H24ClF3N6O2S. The van der Waals surface area contributed by atoms with Gasteiger partial charge in [0.15, 0.2) is 0 Å². The third-order valence-electron chi connectivity index (χ3n) is 5.36. The minimum absolute atomic E-state index is 0.306. The molecule has 8 nitrogen and oxygen atoms in total. The molecule has 0 radical (unpaired) electrons. The van der Waals surface area contributed by atoms with Gasteiger partial charge in [-0.1, -0.05) is 11.6 Å². The Hall–Kier alpha value is -2.96. The van der Waals surface area contributed by atoms with Gasteiger partial charge in [0.2, 0.25) is 12.2 Å². The summed E-state index contributed by atoms with van der Waals surface area (Å²) in [4.78, 5) is 24.9. The standard InChI is InChI=1S/C12H9F3N4O.C11H15ClN2OS/c13-12(14,15)11-18-5-9(6-19-11)10-3-8(1-2-17-10)4-16-7-20;1-8-3-4-9(2)14(8)16(15)11-6-5-10(12)7-13-11/h1-3,5-7H,4H2,(H,16,20);5-9H,3-4H2,1-2H3/t;8-,9+,16?. The van der Waals surface area contributed by atoms with E-state index in [1.165, 1.54) is 6.20 Å². The van der Waals surface area contributed by atoms with Crippen molar-refractivity contribution in [1.82, 2.24) is 29.6 Å². The molecule has 3 atom stereocenters. The Kier molecular flexibility index (Phi) is 9.46. The number of hydrogen-bond donors (Lipinski definition) is 1. The molecule has 0 spiro atoms. The van der Waals surface area contributed by atoms with Gasteiger partial charge in [-0.05, 0) is 56.5 Å². The topological polar surface area (TPSA) is 101 Å². The maximum Gasteiger partial charge on any atom is 0.451 e. The summed E-state index contributed by atoms with van der Waals surface area (Å²) in [6.07, 6.45) is 3.35. The van der Waals surface area contributed by atoms with Crippen molar-refractivity contribution >= 4 is 29.0 Å². The van der Waals surface area contributed by atoms with Crippen LogP contribution in [0.1, 0.15) is 38.1 Å². The van der Waals surface area contributed by atoms with Crippen LogP contribution in [0.15, 0.2) is 54.1 Å². The number of hydrogen-bond acceptors (Lipinski definition) is 6. The highest BCUT2D eigenvalue weighted by Gasteiger charge is 2.34. The minimum Gasteiger partial charge on any atom is -0.355 e. The average molecular weight is 541 g/mol. The summed E-state index contributed by atoms with van der Waals surface area (Å²) < 4.78 is 51.4. The molecule has 4 heterocycles. The van der Waals surface area contributed by atoms with Gasteiger partial charge in [-0.2, -0.15) is 13.2 Å². The highest BCUT2D eigenvalue weighted by atomic mass is 35.5. The molecule has 1 aliphatic heterocycles. The summed E-state index contributed by atoms with van der Waals surface area (Å²) in [6.45, 7) is 4.52. The molecule has 0 aliphatic carbocycles. The fraction of sp³-hybridized carbons (Fsp3) is 0.348. The smallest absolute Gasteiger partial charge is 0.355 e. The summed E-state index contributed by atoms with van der Waals surface area (Å²) in [5.74, 6) is -1.19. The van der Waals surface area contributed by atoms with Crippen LogP contribution in [0.2, 0.25) is 5.02 Å². The van der Waals surface area contributed by atoms with E-state index < -0.39 is 23.0 Å². The van der Waals surface area contributed by atoms with Crippen molar-refractivity contribution < 1.29 is 22.2 Å². The van der Waals surface area contributed by atoms with Gasteiger partial charge < -0.3 is 5.32 Å². The van der Waals surface area contributed by atoms with E-state index in [9.17, 15) is 22.2 Å². The first-order valence-electron chi connectivity index (χ1n) is 10.9. The minimum atomic E-state index is -4.57. The molecule has 36 heavy (non-hydrogen) atoms. The van der Waals surface area contributed by atoms with Gasteiger partial charge in [0.25, 0.3) is 0 Å². The number of carbonyl (C=O) groups excluding carboxylic acids is 1. The Morgan fingerprint density at radius 2 is 1.75 bits per heavy atom. The lowest BCUT2D eigenvalue weighted by Crippen LogP contribution is -2.34. The molecule has 0 bridgehead atoms. The monoisotopic (exact) mass is 540 g/mol. The Bertz CT molecular complexity index is 1170. The number of pyridine rings is 2. The summed E-state index contributed by atoms with van der Waals surface area (Å²) >= 11 is 5.76. The predicted molar refractivity (Wildman–Crippen MR) is 129 cm³/mol. The van der Waals surface area contributed by atoms with E-state index in [2.05, 4.69) is 39.1 Å². The molecule has 0 saturated carbocycles. The third kappa shape index (κ3) is 7.28. The number of halogens is 4. The lowest BCUT2D eigenvalue weighted by Gasteiger charge is -2.23. The van der Waals surface area contributed by atoms with Crippen molar-refractivity contribution in [3.8, 4) is 11.3 Å². The lowest BCUT2D eigenvalue weighted by molar-refractivity contribution is -0.145. The van der Waals surface area contributed by atoms with Crippen LogP contribution in [-0.4, -0.2) is 46.9 Å². The largest absolute Gasteiger partial charge is 0.451 e. The quantitative estimate of drug-likeness (QED) is 0.464. The first-order chi connectivity index (χ1) is 17.1. The van der Waals surface area contributed by atoms with Crippen molar-refractivity contribution in [3.05, 3.63) is 65.5 Å². The molecule has 1 saturated heterocycles. The van der Waals surface area contributed by atoms with E-state index in [1.807, 2.05) is 4.31 Å². The zero-order valence-electron chi connectivity index (χ0n) is 19.4. The molecule has 1 fully saturated rings. The molecular weight excluding hydrogens is 517 g/mol. The average Bonchev–Trinajstić information content (AvgIpc) is 3.20. The van der Waals surface area contributed by atoms with Gasteiger partial charge in [-0.15, -0.1) is 0 Å². The van der Waals surface area contributed by atoms with Crippen molar-refractivity contribution in [2.75, 3.05) is 0 Å². The van der Waals surface area contributed by atoms with E-state index in [0.717, 1.165) is 30.8 Å². The normalized spacial score (nSPS) is 18.7. The van der Waals surface area contributed by atoms with Gasteiger partial charge in [-0.3, -0.25) is 9.78 Å². The van der Waals surface area contributed by atoms with E-state index in [0.29, 0.717) is 46.3 Å². The van der Waals surface area contributed by atoms with Crippen molar-refractivity contribution in [1.29, 1.82) is 0 Å². The molecule has 13 heteroatoms. The summed E-state index contributed by atoms with van der Waals surface area (Å²) in [5, 5.41) is 3.64. The molecule has 0 aromatic carbocycles. The summed E-state index contributed by atoms with van der Waals surface area (Å²) in [6, 6.07) is 7.50. The lowest BCUT2D eigenvalue weighted by atomic mass is 10.1. The number of aromatic nitrogens is 4. The number of carbonyl (C=O) groups is 1. The number of nitrogens with zero attached hydrogens (tertiary/aromatic N) is 5. The first kappa shape index (κ1) is 27.6. The van der Waals surface area contributed by atoms with Crippen LogP contribution in [0.3, 0.4) is 0 Å². The number of nitrogens with one attached hydrogen (secondary N) is 1. The molecule has 4 rings (SSSR count). The van der Waals surface area contributed by atoms with Crippen LogP contribution in [0.4, 0.5) is 13.2 Å². The van der Waals surface area contributed by atoms with Crippen LogP contribution in [0.5, 0.6) is 0 Å². The Balaban J connectivity index is 0.000000205. The fourth-order valence-electron chi connectivity index (χ4n) is 3.58. The first-order valence-corrected chi connectivity index (χ1v) is 12.4. The third-order valence-corrected chi connectivity index (χ3v) is 7.28. The Morgan fingerprint density at radius 3 is 2.31 bits per heavy atom. The van der Waals surface area contributed by atoms with Crippen LogP contribution in [-0.2, 0) is 28.5 Å². The second-order valence-corrected chi connectivity index (χ2v) is 9.81. The summed E-state index contributed by atoms with van der Waals surface area (Å²) in [7, 11) is -1.16. The molecule has 1 N–H and O–H groups in total. The Labute approximate surface area is 213 Å².